The molecular formula is C25H21NO5S. The van der Waals surface area contributed by atoms with Crippen molar-refractivity contribution >= 4 is 28.6 Å². The number of carbonyl (C=O) groups excluding carboxylic acids is 1. The van der Waals surface area contributed by atoms with Gasteiger partial charge in [0.05, 0.1) is 30.7 Å². The highest BCUT2D eigenvalue weighted by molar-refractivity contribution is 7.98. The predicted molar refractivity (Wildman–Crippen MR) is 123 cm³/mol. The van der Waals surface area contributed by atoms with Crippen molar-refractivity contribution in [2.24, 2.45) is 0 Å². The van der Waals surface area contributed by atoms with E-state index in [1.165, 1.54) is 24.9 Å². The molecule has 0 radical (unpaired) electrons. The van der Waals surface area contributed by atoms with E-state index in [4.69, 9.17) is 9.15 Å². The number of carbonyl (C=O) groups is 1. The van der Waals surface area contributed by atoms with Crippen LogP contribution in [0.5, 0.6) is 5.75 Å². The van der Waals surface area contributed by atoms with Crippen molar-refractivity contribution in [2.75, 3.05) is 7.11 Å². The van der Waals surface area contributed by atoms with Crippen molar-refractivity contribution in [1.82, 2.24) is 4.98 Å². The van der Waals surface area contributed by atoms with Crippen LogP contribution in [0.25, 0.3) is 10.9 Å². The van der Waals surface area contributed by atoms with Gasteiger partial charge in [-0.15, -0.1) is 11.8 Å². The van der Waals surface area contributed by atoms with Crippen LogP contribution in [0.3, 0.4) is 0 Å². The Morgan fingerprint density at radius 1 is 1.12 bits per heavy atom. The lowest BCUT2D eigenvalue weighted by atomic mass is 9.91. The third-order valence-electron chi connectivity index (χ3n) is 5.07. The number of aromatic hydroxyl groups is 1. The second-order valence-electron chi connectivity index (χ2n) is 7.18. The molecule has 1 atom stereocenters. The van der Waals surface area contributed by atoms with E-state index >= 15 is 0 Å². The summed E-state index contributed by atoms with van der Waals surface area (Å²) in [4.78, 5) is 30.1. The molecule has 0 fully saturated rings. The summed E-state index contributed by atoms with van der Waals surface area (Å²) in [5.41, 5.74) is 0.959. The molecule has 7 heteroatoms. The second kappa shape index (κ2) is 9.70. The summed E-state index contributed by atoms with van der Waals surface area (Å²) in [5.74, 6) is -0.810. The largest absolute Gasteiger partial charge is 0.502 e. The monoisotopic (exact) mass is 447 g/mol. The molecule has 0 aliphatic rings. The van der Waals surface area contributed by atoms with Gasteiger partial charge >= 0.3 is 5.97 Å². The van der Waals surface area contributed by atoms with Crippen LogP contribution in [0.4, 0.5) is 0 Å². The van der Waals surface area contributed by atoms with E-state index in [1.54, 1.807) is 6.20 Å². The van der Waals surface area contributed by atoms with Crippen molar-refractivity contribution < 1.29 is 19.1 Å². The van der Waals surface area contributed by atoms with Gasteiger partial charge in [0.2, 0.25) is 11.2 Å². The number of aromatic nitrogens is 1. The lowest BCUT2D eigenvalue weighted by Crippen LogP contribution is -2.14. The average molecular weight is 448 g/mol. The van der Waals surface area contributed by atoms with Gasteiger partial charge in [0.25, 0.3) is 0 Å². The zero-order chi connectivity index (χ0) is 22.5. The molecule has 0 bridgehead atoms. The number of benzene rings is 2. The zero-order valence-corrected chi connectivity index (χ0v) is 18.2. The normalized spacial score (nSPS) is 11.9. The highest BCUT2D eigenvalue weighted by atomic mass is 32.2. The van der Waals surface area contributed by atoms with E-state index in [0.29, 0.717) is 17.1 Å². The van der Waals surface area contributed by atoms with Crippen molar-refractivity contribution in [2.45, 2.75) is 23.0 Å². The Balaban J connectivity index is 1.74. The molecule has 0 amide bonds. The molecular weight excluding hydrogens is 426 g/mol. The number of hydrogen-bond donors (Lipinski definition) is 1. The molecule has 1 N–H and O–H groups in total. The van der Waals surface area contributed by atoms with Gasteiger partial charge in [0.1, 0.15) is 5.76 Å². The third-order valence-corrected chi connectivity index (χ3v) is 6.10. The molecule has 6 nitrogen and oxygen atoms in total. The Hall–Kier alpha value is -3.58. The van der Waals surface area contributed by atoms with E-state index in [-0.39, 0.29) is 12.2 Å². The van der Waals surface area contributed by atoms with Crippen LogP contribution in [0.2, 0.25) is 0 Å². The maximum Gasteiger partial charge on any atom is 0.306 e. The number of pyridine rings is 1. The first-order valence-corrected chi connectivity index (χ1v) is 11.0. The highest BCUT2D eigenvalue weighted by Crippen LogP contribution is 2.35. The van der Waals surface area contributed by atoms with Crippen LogP contribution >= 0.6 is 11.8 Å². The maximum atomic E-state index is 12.5. The first kappa shape index (κ1) is 21.6. The molecule has 4 rings (SSSR count). The van der Waals surface area contributed by atoms with Gasteiger partial charge in [0, 0.05) is 22.5 Å². The topological polar surface area (TPSA) is 89.6 Å². The van der Waals surface area contributed by atoms with Crippen LogP contribution in [-0.2, 0) is 15.3 Å². The maximum absolute atomic E-state index is 12.5. The van der Waals surface area contributed by atoms with Crippen molar-refractivity contribution in [3.8, 4) is 5.75 Å². The van der Waals surface area contributed by atoms with Gasteiger partial charge in [-0.3, -0.25) is 14.6 Å². The number of thioether (sulfide) groups is 1. The molecule has 0 spiro atoms. The fraction of sp³-hybridized carbons (Fsp3) is 0.160. The standard InChI is InChI=1S/C25H21NO5S/c1-30-23(28)14-20(16-9-10-21-17(12-16)6-5-11-26-21)25-24(29)22(27)13-18(31-25)15-32-19-7-3-2-4-8-19/h2-13,20,29H,14-15H2,1H3/t20-/m0/s1. The molecule has 32 heavy (non-hydrogen) atoms. The van der Waals surface area contributed by atoms with Crippen LogP contribution < -0.4 is 5.43 Å². The molecule has 0 unspecified atom stereocenters. The number of fused-ring (bicyclic) bond motifs is 1. The molecule has 162 valence electrons. The summed E-state index contributed by atoms with van der Waals surface area (Å²) in [6, 6.07) is 20.3. The fourth-order valence-corrected chi connectivity index (χ4v) is 4.26. The van der Waals surface area contributed by atoms with Crippen LogP contribution in [-0.4, -0.2) is 23.2 Å². The summed E-state index contributed by atoms with van der Waals surface area (Å²) in [5, 5.41) is 11.4. The van der Waals surface area contributed by atoms with Gasteiger partial charge in [-0.25, -0.2) is 0 Å². The summed E-state index contributed by atoms with van der Waals surface area (Å²) in [7, 11) is 1.30. The van der Waals surface area contributed by atoms with Crippen LogP contribution in [0.1, 0.15) is 29.4 Å². The van der Waals surface area contributed by atoms with Crippen molar-refractivity contribution in [3.63, 3.8) is 0 Å². The smallest absolute Gasteiger partial charge is 0.306 e. The summed E-state index contributed by atoms with van der Waals surface area (Å²) < 4.78 is 10.9. The third kappa shape index (κ3) is 4.84. The number of rotatable bonds is 7. The highest BCUT2D eigenvalue weighted by Gasteiger charge is 2.27. The van der Waals surface area contributed by atoms with Gasteiger partial charge in [-0.2, -0.15) is 0 Å². The summed E-state index contributed by atoms with van der Waals surface area (Å²) in [6.07, 6.45) is 1.61. The quantitative estimate of drug-likeness (QED) is 0.319. The SMILES string of the molecule is COC(=O)C[C@@H](c1ccc2ncccc2c1)c1oc(CSc2ccccc2)cc(=O)c1O. The van der Waals surface area contributed by atoms with E-state index in [9.17, 15) is 14.7 Å². The molecule has 0 saturated heterocycles. The number of methoxy groups -OCH3 is 1. The first-order chi connectivity index (χ1) is 15.5. The summed E-state index contributed by atoms with van der Waals surface area (Å²) >= 11 is 1.51. The minimum atomic E-state index is -0.693. The van der Waals surface area contributed by atoms with Crippen molar-refractivity contribution in [3.05, 3.63) is 100 Å². The van der Waals surface area contributed by atoms with Gasteiger partial charge in [-0.1, -0.05) is 30.3 Å². The van der Waals surface area contributed by atoms with Gasteiger partial charge in [-0.05, 0) is 35.9 Å². The Bertz CT molecular complexity index is 1300. The average Bonchev–Trinajstić information content (AvgIpc) is 2.83. The molecule has 2 aromatic heterocycles. The number of nitrogens with zero attached hydrogens (tertiary/aromatic N) is 1. The molecule has 2 heterocycles. The lowest BCUT2D eigenvalue weighted by molar-refractivity contribution is -0.140. The number of esters is 1. The lowest BCUT2D eigenvalue weighted by Gasteiger charge is -2.18. The van der Waals surface area contributed by atoms with Crippen LogP contribution in [0.15, 0.2) is 87.0 Å². The predicted octanol–water partition coefficient (Wildman–Crippen LogP) is 4.88. The second-order valence-corrected chi connectivity index (χ2v) is 8.23. The Morgan fingerprint density at radius 3 is 2.72 bits per heavy atom. The van der Waals surface area contributed by atoms with Crippen LogP contribution in [0, 0.1) is 0 Å². The van der Waals surface area contributed by atoms with Crippen molar-refractivity contribution in [1.29, 1.82) is 0 Å². The van der Waals surface area contributed by atoms with E-state index in [2.05, 4.69) is 4.98 Å². The molecule has 4 aromatic rings. The molecule has 2 aromatic carbocycles. The Labute approximate surface area is 188 Å². The molecule has 0 saturated carbocycles. The number of hydrogen-bond acceptors (Lipinski definition) is 7. The van der Waals surface area contributed by atoms with Gasteiger partial charge in [0.15, 0.2) is 5.76 Å². The molecule has 0 aliphatic carbocycles. The minimum Gasteiger partial charge on any atom is -0.502 e. The Morgan fingerprint density at radius 2 is 1.94 bits per heavy atom. The van der Waals surface area contributed by atoms with E-state index < -0.39 is 23.1 Å². The number of ether oxygens (including phenoxy) is 1. The van der Waals surface area contributed by atoms with Gasteiger partial charge < -0.3 is 14.3 Å². The molecule has 0 aliphatic heterocycles. The zero-order valence-electron chi connectivity index (χ0n) is 17.4. The minimum absolute atomic E-state index is 0.0507. The Kier molecular flexibility index (Phi) is 6.56. The van der Waals surface area contributed by atoms with E-state index in [0.717, 1.165) is 15.8 Å². The summed E-state index contributed by atoms with van der Waals surface area (Å²) in [6.45, 7) is 0. The fourth-order valence-electron chi connectivity index (χ4n) is 3.46. The first-order valence-electron chi connectivity index (χ1n) is 10.0. The van der Waals surface area contributed by atoms with E-state index in [1.807, 2.05) is 60.7 Å².